The molecule has 3 aromatic rings. The lowest BCUT2D eigenvalue weighted by atomic mass is 10.1. The molecule has 3 N–H and O–H groups in total. The Hall–Kier alpha value is -3.02. The van der Waals surface area contributed by atoms with Crippen LogP contribution >= 0.6 is 0 Å². The number of ether oxygens (including phenoxy) is 2. The van der Waals surface area contributed by atoms with Crippen LogP contribution in [-0.2, 0) is 6.54 Å². The minimum absolute atomic E-state index is 0.00203. The number of hydrogen-bond donors (Lipinski definition) is 2. The maximum atomic E-state index is 11.4. The summed E-state index contributed by atoms with van der Waals surface area (Å²) in [7, 11) is 3.18. The Morgan fingerprint density at radius 3 is 2.22 bits per heavy atom. The van der Waals surface area contributed by atoms with Gasteiger partial charge in [0, 0.05) is 6.54 Å². The number of methoxy groups -OCH3 is 2. The third kappa shape index (κ3) is 2.48. The van der Waals surface area contributed by atoms with Crippen LogP contribution in [0.2, 0.25) is 0 Å². The van der Waals surface area contributed by atoms with Crippen LogP contribution in [-0.4, -0.2) is 14.2 Å². The number of nitrogens with two attached hydrogens (primary N) is 1. The van der Waals surface area contributed by atoms with E-state index in [2.05, 4.69) is 5.32 Å². The van der Waals surface area contributed by atoms with Crippen molar-refractivity contribution in [2.45, 2.75) is 6.54 Å². The molecule has 0 fully saturated rings. The minimum atomic E-state index is -0.622. The number of nitrogens with one attached hydrogen (secondary N) is 1. The normalized spacial score (nSPS) is 10.9. The van der Waals surface area contributed by atoms with Crippen LogP contribution < -0.4 is 31.4 Å². The summed E-state index contributed by atoms with van der Waals surface area (Å²) in [5.74, 6) is 1.32. The van der Waals surface area contributed by atoms with Crippen molar-refractivity contribution in [3.05, 3.63) is 56.3 Å². The van der Waals surface area contributed by atoms with E-state index in [0.29, 0.717) is 18.0 Å². The smallest absolute Gasteiger partial charge is 0.253 e. The van der Waals surface area contributed by atoms with Crippen molar-refractivity contribution in [3.8, 4) is 11.5 Å². The van der Waals surface area contributed by atoms with Crippen molar-refractivity contribution < 1.29 is 9.47 Å². The molecule has 0 radical (unpaired) electrons. The predicted molar refractivity (Wildman–Crippen MR) is 90.1 cm³/mol. The quantitative estimate of drug-likeness (QED) is 0.696. The molecule has 0 heterocycles. The lowest BCUT2D eigenvalue weighted by Crippen LogP contribution is -2.36. The standard InChI is InChI=1S/C17H16N2O4/c1-22-12-6-10-4-3-9(5-11(10)7-13(12)23-2)8-19-15-14(18)16(20)17(15)21/h3-7,19H,8,18H2,1-2H3. The monoisotopic (exact) mass is 312 g/mol. The maximum absolute atomic E-state index is 11.4. The highest BCUT2D eigenvalue weighted by molar-refractivity contribution is 5.86. The van der Waals surface area contributed by atoms with Gasteiger partial charge >= 0.3 is 0 Å². The zero-order chi connectivity index (χ0) is 16.6. The van der Waals surface area contributed by atoms with E-state index in [4.69, 9.17) is 15.2 Å². The molecule has 6 heteroatoms. The van der Waals surface area contributed by atoms with Crippen molar-refractivity contribution in [2.24, 2.45) is 0 Å². The van der Waals surface area contributed by atoms with Gasteiger partial charge in [0.2, 0.25) is 0 Å². The van der Waals surface area contributed by atoms with Crippen LogP contribution in [0.4, 0.5) is 11.4 Å². The molecule has 0 aliphatic rings. The first-order chi connectivity index (χ1) is 11.0. The zero-order valence-electron chi connectivity index (χ0n) is 12.8. The van der Waals surface area contributed by atoms with Gasteiger partial charge in [0.15, 0.2) is 11.5 Å². The highest BCUT2D eigenvalue weighted by Gasteiger charge is 2.17. The van der Waals surface area contributed by atoms with Crippen LogP contribution in [0.1, 0.15) is 5.56 Å². The van der Waals surface area contributed by atoms with Gasteiger partial charge in [0.1, 0.15) is 11.4 Å². The summed E-state index contributed by atoms with van der Waals surface area (Å²) in [6.07, 6.45) is 0. The molecule has 0 spiro atoms. The summed E-state index contributed by atoms with van der Waals surface area (Å²) in [5.41, 5.74) is 5.47. The molecule has 0 aliphatic carbocycles. The second-order valence-corrected chi connectivity index (χ2v) is 5.19. The van der Waals surface area contributed by atoms with Crippen molar-refractivity contribution in [1.29, 1.82) is 0 Å². The lowest BCUT2D eigenvalue weighted by Gasteiger charge is -2.12. The molecule has 0 saturated heterocycles. The maximum Gasteiger partial charge on any atom is 0.253 e. The number of fused-ring (bicyclic) bond motifs is 1. The second-order valence-electron chi connectivity index (χ2n) is 5.19. The Morgan fingerprint density at radius 1 is 0.957 bits per heavy atom. The molecule has 0 aromatic heterocycles. The highest BCUT2D eigenvalue weighted by Crippen LogP contribution is 2.32. The molecule has 0 saturated carbocycles. The van der Waals surface area contributed by atoms with E-state index in [9.17, 15) is 9.59 Å². The van der Waals surface area contributed by atoms with Gasteiger partial charge in [0.05, 0.1) is 14.2 Å². The summed E-state index contributed by atoms with van der Waals surface area (Å²) < 4.78 is 10.6. The lowest BCUT2D eigenvalue weighted by molar-refractivity contribution is 0.356. The van der Waals surface area contributed by atoms with E-state index in [1.807, 2.05) is 30.3 Å². The van der Waals surface area contributed by atoms with Crippen LogP contribution in [0.3, 0.4) is 0 Å². The first-order valence-electron chi connectivity index (χ1n) is 7.02. The fourth-order valence-electron chi connectivity index (χ4n) is 2.51. The zero-order valence-corrected chi connectivity index (χ0v) is 12.8. The topological polar surface area (TPSA) is 90.6 Å². The molecule has 3 rings (SSSR count). The third-order valence-electron chi connectivity index (χ3n) is 3.82. The fraction of sp³-hybridized carbons (Fsp3) is 0.176. The van der Waals surface area contributed by atoms with E-state index in [0.717, 1.165) is 16.3 Å². The molecular weight excluding hydrogens is 296 g/mol. The molecule has 0 aliphatic heterocycles. The highest BCUT2D eigenvalue weighted by atomic mass is 16.5. The van der Waals surface area contributed by atoms with Gasteiger partial charge in [-0.15, -0.1) is 0 Å². The Morgan fingerprint density at radius 2 is 1.61 bits per heavy atom. The molecule has 6 nitrogen and oxygen atoms in total. The van der Waals surface area contributed by atoms with Crippen molar-refractivity contribution in [2.75, 3.05) is 25.3 Å². The summed E-state index contributed by atoms with van der Waals surface area (Å²) >= 11 is 0. The van der Waals surface area contributed by atoms with Crippen LogP contribution in [0, 0.1) is 0 Å². The van der Waals surface area contributed by atoms with Gasteiger partial charge in [-0.25, -0.2) is 0 Å². The number of anilines is 2. The molecule has 0 unspecified atom stereocenters. The molecule has 23 heavy (non-hydrogen) atoms. The van der Waals surface area contributed by atoms with Gasteiger partial charge in [0.25, 0.3) is 10.9 Å². The number of nitrogen functional groups attached to an aromatic ring is 1. The van der Waals surface area contributed by atoms with Crippen LogP contribution in [0.15, 0.2) is 39.9 Å². The van der Waals surface area contributed by atoms with Gasteiger partial charge in [-0.05, 0) is 34.5 Å². The molecule has 118 valence electrons. The predicted octanol–water partition coefficient (Wildman–Crippen LogP) is 1.65. The molecule has 0 bridgehead atoms. The number of rotatable bonds is 5. The van der Waals surface area contributed by atoms with Gasteiger partial charge in [-0.1, -0.05) is 12.1 Å². The van der Waals surface area contributed by atoms with Gasteiger partial charge < -0.3 is 20.5 Å². The first kappa shape index (κ1) is 14.9. The van der Waals surface area contributed by atoms with E-state index < -0.39 is 10.9 Å². The van der Waals surface area contributed by atoms with Gasteiger partial charge in [-0.3, -0.25) is 9.59 Å². The Kier molecular flexibility index (Phi) is 3.65. The van der Waals surface area contributed by atoms with E-state index >= 15 is 0 Å². The van der Waals surface area contributed by atoms with Crippen LogP contribution in [0.25, 0.3) is 10.8 Å². The van der Waals surface area contributed by atoms with Crippen LogP contribution in [0.5, 0.6) is 11.5 Å². The molecular formula is C17H16N2O4. The number of hydrogen-bond acceptors (Lipinski definition) is 6. The molecule has 3 aromatic carbocycles. The van der Waals surface area contributed by atoms with E-state index in [1.54, 1.807) is 14.2 Å². The molecule has 0 atom stereocenters. The SMILES string of the molecule is COc1cc2ccc(CNc3c(N)c(=O)c3=O)cc2cc1OC. The fourth-order valence-corrected chi connectivity index (χ4v) is 2.51. The van der Waals surface area contributed by atoms with E-state index in [-0.39, 0.29) is 11.4 Å². The Balaban J connectivity index is 1.88. The minimum Gasteiger partial charge on any atom is -0.493 e. The van der Waals surface area contributed by atoms with Crippen molar-refractivity contribution >= 4 is 22.1 Å². The average Bonchev–Trinajstić information content (AvgIpc) is 2.59. The summed E-state index contributed by atoms with van der Waals surface area (Å²) in [4.78, 5) is 22.5. The summed E-state index contributed by atoms with van der Waals surface area (Å²) in [6, 6.07) is 9.66. The van der Waals surface area contributed by atoms with Crippen molar-refractivity contribution in [1.82, 2.24) is 0 Å². The average molecular weight is 312 g/mol. The third-order valence-corrected chi connectivity index (χ3v) is 3.82. The molecule has 0 amide bonds. The largest absolute Gasteiger partial charge is 0.493 e. The second kappa shape index (κ2) is 5.64. The number of benzene rings is 2. The summed E-state index contributed by atoms with van der Waals surface area (Å²) in [6.45, 7) is 0.402. The van der Waals surface area contributed by atoms with E-state index in [1.165, 1.54) is 0 Å². The van der Waals surface area contributed by atoms with Crippen molar-refractivity contribution in [3.63, 3.8) is 0 Å². The summed E-state index contributed by atoms with van der Waals surface area (Å²) in [5, 5.41) is 4.91. The first-order valence-corrected chi connectivity index (χ1v) is 7.02. The Bertz CT molecular complexity index is 955. The van der Waals surface area contributed by atoms with Gasteiger partial charge in [-0.2, -0.15) is 0 Å². The Labute approximate surface area is 132 Å².